The highest BCUT2D eigenvalue weighted by molar-refractivity contribution is 7.92. The number of sulfonamides is 1. The summed E-state index contributed by atoms with van der Waals surface area (Å²) in [5.74, 6) is -1.13. The third-order valence-electron chi connectivity index (χ3n) is 5.77. The molecule has 36 heavy (non-hydrogen) atoms. The van der Waals surface area contributed by atoms with Gasteiger partial charge < -0.3 is 4.74 Å². The molecule has 7 heteroatoms. The average molecular weight is 500 g/mol. The van der Waals surface area contributed by atoms with Crippen LogP contribution in [0.3, 0.4) is 0 Å². The molecule has 0 aromatic heterocycles. The Balaban J connectivity index is 1.42. The molecule has 0 amide bonds. The average Bonchev–Trinajstić information content (AvgIpc) is 2.92. The molecule has 4 rings (SSSR count). The van der Waals surface area contributed by atoms with Gasteiger partial charge in [-0.15, -0.1) is 0 Å². The van der Waals surface area contributed by atoms with Gasteiger partial charge in [-0.25, -0.2) is 13.2 Å². The van der Waals surface area contributed by atoms with Crippen LogP contribution in [0.15, 0.2) is 108 Å². The van der Waals surface area contributed by atoms with Crippen molar-refractivity contribution >= 4 is 27.5 Å². The fourth-order valence-corrected chi connectivity index (χ4v) is 4.85. The highest BCUT2D eigenvalue weighted by Gasteiger charge is 2.23. The van der Waals surface area contributed by atoms with E-state index in [0.717, 1.165) is 21.0 Å². The van der Waals surface area contributed by atoms with Gasteiger partial charge in [-0.05, 0) is 48.4 Å². The summed E-state index contributed by atoms with van der Waals surface area (Å²) in [7, 11) is -2.45. The van der Waals surface area contributed by atoms with Crippen LogP contribution in [0.5, 0.6) is 0 Å². The van der Waals surface area contributed by atoms with E-state index >= 15 is 0 Å². The summed E-state index contributed by atoms with van der Waals surface area (Å²) in [6, 6.07) is 29.5. The van der Waals surface area contributed by atoms with E-state index in [1.165, 1.54) is 31.3 Å². The molecule has 182 valence electrons. The molecule has 0 N–H and O–H groups in total. The first-order chi connectivity index (χ1) is 17.3. The molecule has 0 radical (unpaired) electrons. The normalized spacial score (nSPS) is 11.1. The predicted octanol–water partition coefficient (Wildman–Crippen LogP) is 5.53. The molecular formula is C29H25NO5S. The van der Waals surface area contributed by atoms with Gasteiger partial charge in [-0.1, -0.05) is 78.4 Å². The molecule has 4 aromatic rings. The molecule has 0 aliphatic carbocycles. The van der Waals surface area contributed by atoms with Crippen molar-refractivity contribution in [2.45, 2.75) is 11.8 Å². The third-order valence-corrected chi connectivity index (χ3v) is 7.56. The lowest BCUT2D eigenvalue weighted by atomic mass is 10.0. The molecule has 0 heterocycles. The van der Waals surface area contributed by atoms with Crippen LogP contribution < -0.4 is 4.31 Å². The standard InChI is InChI=1S/C29H25NO5S/c1-21-11-17-26(18-12-21)30(2)36(33,34)27-10-6-9-25(19-27)29(32)35-20-28(31)24-15-13-23(14-16-24)22-7-4-3-5-8-22/h3-19H,20H2,1-2H3. The van der Waals surface area contributed by atoms with Crippen LogP contribution >= 0.6 is 0 Å². The smallest absolute Gasteiger partial charge is 0.338 e. The maximum atomic E-state index is 13.1. The van der Waals surface area contributed by atoms with Crippen LogP contribution in [-0.4, -0.2) is 33.8 Å². The number of carbonyl (C=O) groups is 2. The lowest BCUT2D eigenvalue weighted by molar-refractivity contribution is 0.0474. The quantitative estimate of drug-likeness (QED) is 0.235. The van der Waals surface area contributed by atoms with Crippen LogP contribution in [0.25, 0.3) is 11.1 Å². The lowest BCUT2D eigenvalue weighted by Gasteiger charge is -2.20. The van der Waals surface area contributed by atoms with Crippen molar-refractivity contribution in [1.82, 2.24) is 0 Å². The fourth-order valence-electron chi connectivity index (χ4n) is 3.61. The second-order valence-corrected chi connectivity index (χ2v) is 10.2. The maximum absolute atomic E-state index is 13.1. The number of Topliss-reactive ketones (excluding diaryl/α,β-unsaturated/α-hetero) is 1. The Morgan fingerprint density at radius 2 is 1.39 bits per heavy atom. The Kier molecular flexibility index (Phi) is 7.31. The summed E-state index contributed by atoms with van der Waals surface area (Å²) in [5, 5.41) is 0. The number of esters is 1. The molecule has 0 unspecified atom stereocenters. The molecule has 0 fully saturated rings. The van der Waals surface area contributed by atoms with E-state index in [9.17, 15) is 18.0 Å². The number of anilines is 1. The largest absolute Gasteiger partial charge is 0.454 e. The number of carbonyl (C=O) groups excluding carboxylic acids is 2. The minimum Gasteiger partial charge on any atom is -0.454 e. The molecular weight excluding hydrogens is 474 g/mol. The van der Waals surface area contributed by atoms with Crippen molar-refractivity contribution in [2.75, 3.05) is 18.0 Å². The Morgan fingerprint density at radius 1 is 0.750 bits per heavy atom. The van der Waals surface area contributed by atoms with E-state index in [1.807, 2.05) is 61.5 Å². The topological polar surface area (TPSA) is 80.8 Å². The SMILES string of the molecule is Cc1ccc(N(C)S(=O)(=O)c2cccc(C(=O)OCC(=O)c3ccc(-c4ccccc4)cc3)c2)cc1. The molecule has 0 atom stereocenters. The molecule has 0 spiro atoms. The number of hydrogen-bond acceptors (Lipinski definition) is 5. The number of ketones is 1. The van der Waals surface area contributed by atoms with Crippen molar-refractivity contribution < 1.29 is 22.7 Å². The molecule has 0 bridgehead atoms. The summed E-state index contributed by atoms with van der Waals surface area (Å²) >= 11 is 0. The van der Waals surface area contributed by atoms with Gasteiger partial charge in [-0.3, -0.25) is 9.10 Å². The summed E-state index contributed by atoms with van der Waals surface area (Å²) < 4.78 is 32.5. The second-order valence-electron chi connectivity index (χ2n) is 8.28. The fraction of sp³-hybridized carbons (Fsp3) is 0.103. The second kappa shape index (κ2) is 10.6. The molecule has 6 nitrogen and oxygen atoms in total. The number of rotatable bonds is 8. The zero-order chi connectivity index (χ0) is 25.7. The highest BCUT2D eigenvalue weighted by Crippen LogP contribution is 2.23. The zero-order valence-corrected chi connectivity index (χ0v) is 20.7. The number of aryl methyl sites for hydroxylation is 1. The van der Waals surface area contributed by atoms with Crippen LogP contribution in [0, 0.1) is 6.92 Å². The summed E-state index contributed by atoms with van der Waals surface area (Å²) in [4.78, 5) is 25.1. The summed E-state index contributed by atoms with van der Waals surface area (Å²) in [5.41, 5.74) is 3.97. The van der Waals surface area contributed by atoms with Gasteiger partial charge >= 0.3 is 5.97 Å². The van der Waals surface area contributed by atoms with Gasteiger partial charge in [0.1, 0.15) is 0 Å². The number of nitrogens with zero attached hydrogens (tertiary/aromatic N) is 1. The third kappa shape index (κ3) is 5.53. The Bertz CT molecular complexity index is 1480. The number of ether oxygens (including phenoxy) is 1. The van der Waals surface area contributed by atoms with E-state index in [-0.39, 0.29) is 16.2 Å². The minimum absolute atomic E-state index is 0.0422. The van der Waals surface area contributed by atoms with Gasteiger partial charge in [0.15, 0.2) is 12.4 Å². The lowest BCUT2D eigenvalue weighted by Crippen LogP contribution is -2.26. The maximum Gasteiger partial charge on any atom is 0.338 e. The molecule has 4 aromatic carbocycles. The highest BCUT2D eigenvalue weighted by atomic mass is 32.2. The van der Waals surface area contributed by atoms with Crippen LogP contribution in [0.4, 0.5) is 5.69 Å². The van der Waals surface area contributed by atoms with Crippen molar-refractivity contribution in [3.05, 3.63) is 120 Å². The summed E-state index contributed by atoms with van der Waals surface area (Å²) in [6.07, 6.45) is 0. The summed E-state index contributed by atoms with van der Waals surface area (Å²) in [6.45, 7) is 1.46. The van der Waals surface area contributed by atoms with Crippen LogP contribution in [-0.2, 0) is 14.8 Å². The van der Waals surface area contributed by atoms with E-state index < -0.39 is 22.6 Å². The van der Waals surface area contributed by atoms with Gasteiger partial charge in [0, 0.05) is 12.6 Å². The minimum atomic E-state index is -3.90. The van der Waals surface area contributed by atoms with E-state index in [1.54, 1.807) is 24.3 Å². The first-order valence-corrected chi connectivity index (χ1v) is 12.7. The van der Waals surface area contributed by atoms with Gasteiger partial charge in [-0.2, -0.15) is 0 Å². The van der Waals surface area contributed by atoms with Crippen molar-refractivity contribution in [1.29, 1.82) is 0 Å². The van der Waals surface area contributed by atoms with E-state index in [2.05, 4.69) is 0 Å². The molecule has 0 saturated heterocycles. The van der Waals surface area contributed by atoms with E-state index in [4.69, 9.17) is 4.74 Å². The number of hydrogen-bond donors (Lipinski definition) is 0. The van der Waals surface area contributed by atoms with Gasteiger partial charge in [0.05, 0.1) is 16.1 Å². The van der Waals surface area contributed by atoms with Crippen molar-refractivity contribution in [3.8, 4) is 11.1 Å². The van der Waals surface area contributed by atoms with Crippen LogP contribution in [0.2, 0.25) is 0 Å². The monoisotopic (exact) mass is 499 g/mol. The van der Waals surface area contributed by atoms with Gasteiger partial charge in [0.25, 0.3) is 10.0 Å². The first kappa shape index (κ1) is 24.9. The van der Waals surface area contributed by atoms with E-state index in [0.29, 0.717) is 11.3 Å². The molecule has 0 saturated carbocycles. The van der Waals surface area contributed by atoms with Crippen molar-refractivity contribution in [2.24, 2.45) is 0 Å². The Labute approximate surface area is 210 Å². The molecule has 0 aliphatic heterocycles. The number of benzene rings is 4. The van der Waals surface area contributed by atoms with Gasteiger partial charge in [0.2, 0.25) is 0 Å². The zero-order valence-electron chi connectivity index (χ0n) is 19.9. The molecule has 0 aliphatic rings. The van der Waals surface area contributed by atoms with Crippen molar-refractivity contribution in [3.63, 3.8) is 0 Å². The predicted molar refractivity (Wildman–Crippen MR) is 140 cm³/mol. The Morgan fingerprint density at radius 3 is 2.06 bits per heavy atom. The van der Waals surface area contributed by atoms with Crippen LogP contribution in [0.1, 0.15) is 26.3 Å². The first-order valence-electron chi connectivity index (χ1n) is 11.3. The Hall–Kier alpha value is -4.23.